The van der Waals surface area contributed by atoms with E-state index in [9.17, 15) is 24.5 Å². The van der Waals surface area contributed by atoms with Crippen LogP contribution in [0.25, 0.3) is 10.9 Å². The largest absolute Gasteiger partial charge is 0.467 e. The van der Waals surface area contributed by atoms with Gasteiger partial charge in [0, 0.05) is 29.5 Å². The number of ether oxygens (including phenoxy) is 2. The Bertz CT molecular complexity index is 1380. The molecule has 1 amide bonds. The maximum Gasteiger partial charge on any atom is 0.419 e. The van der Waals surface area contributed by atoms with Crippen LogP contribution in [0.4, 0.5) is 4.79 Å². The summed E-state index contributed by atoms with van der Waals surface area (Å²) in [7, 11) is 1.21. The summed E-state index contributed by atoms with van der Waals surface area (Å²) < 4.78 is 12.1. The predicted molar refractivity (Wildman–Crippen MR) is 139 cm³/mol. The number of aromatic nitrogens is 1. The summed E-state index contributed by atoms with van der Waals surface area (Å²) in [5.74, 6) is -2.14. The van der Waals surface area contributed by atoms with Crippen molar-refractivity contribution >= 4 is 28.9 Å². The number of nitrogens with zero attached hydrogens (tertiary/aromatic N) is 3. The Hall–Kier alpha value is -4.21. The second-order valence-corrected chi connectivity index (χ2v) is 10.4. The lowest BCUT2D eigenvalue weighted by atomic mass is 9.76. The highest BCUT2D eigenvalue weighted by atomic mass is 16.6. The van der Waals surface area contributed by atoms with E-state index in [2.05, 4.69) is 0 Å². The minimum absolute atomic E-state index is 0.0286. The average molecular weight is 522 g/mol. The predicted octanol–water partition coefficient (Wildman–Crippen LogP) is 4.52. The summed E-state index contributed by atoms with van der Waals surface area (Å²) in [6.45, 7) is 4.64. The number of hydrogen-bond donors (Lipinski definition) is 0. The Morgan fingerprint density at radius 2 is 1.76 bits per heavy atom. The van der Waals surface area contributed by atoms with Crippen LogP contribution >= 0.6 is 0 Å². The molecule has 1 aliphatic heterocycles. The molecule has 0 radical (unpaired) electrons. The van der Waals surface area contributed by atoms with Gasteiger partial charge in [-0.3, -0.25) is 19.5 Å². The van der Waals surface area contributed by atoms with Crippen molar-refractivity contribution in [2.24, 2.45) is 0 Å². The molecule has 0 bridgehead atoms. The van der Waals surface area contributed by atoms with E-state index in [-0.39, 0.29) is 25.3 Å². The Labute approximate surface area is 220 Å². The fraction of sp³-hybridized carbons (Fsp3) is 0.393. The zero-order valence-electron chi connectivity index (χ0n) is 21.9. The van der Waals surface area contributed by atoms with Crippen molar-refractivity contribution in [3.8, 4) is 0 Å². The van der Waals surface area contributed by atoms with E-state index in [1.54, 1.807) is 45.0 Å². The number of carbonyl (C=O) groups is 3. The van der Waals surface area contributed by atoms with Crippen LogP contribution in [0.3, 0.4) is 0 Å². The number of hydrogen-bond acceptors (Lipinski definition) is 7. The van der Waals surface area contributed by atoms with E-state index in [1.165, 1.54) is 22.8 Å². The number of benzene rings is 2. The fourth-order valence-corrected chi connectivity index (χ4v) is 5.28. The van der Waals surface area contributed by atoms with Crippen LogP contribution in [0.2, 0.25) is 0 Å². The first-order valence-electron chi connectivity index (χ1n) is 12.4. The number of fused-ring (bicyclic) bond motifs is 1. The van der Waals surface area contributed by atoms with Crippen molar-refractivity contribution in [2.45, 2.75) is 57.2 Å². The third-order valence-corrected chi connectivity index (χ3v) is 6.84. The average Bonchev–Trinajstić information content (AvgIpc) is 3.41. The Morgan fingerprint density at radius 3 is 2.39 bits per heavy atom. The molecule has 1 saturated heterocycles. The van der Waals surface area contributed by atoms with Gasteiger partial charge in [0.05, 0.1) is 18.5 Å². The third kappa shape index (κ3) is 4.98. The first-order valence-corrected chi connectivity index (χ1v) is 12.4. The lowest BCUT2D eigenvalue weighted by Crippen LogP contribution is -2.57. The zero-order valence-corrected chi connectivity index (χ0v) is 21.9. The quantitative estimate of drug-likeness (QED) is 0.255. The number of esters is 1. The van der Waals surface area contributed by atoms with Crippen LogP contribution in [0.1, 0.15) is 50.7 Å². The van der Waals surface area contributed by atoms with Crippen molar-refractivity contribution in [3.63, 3.8) is 0 Å². The number of amides is 1. The van der Waals surface area contributed by atoms with Crippen LogP contribution < -0.4 is 0 Å². The van der Waals surface area contributed by atoms with E-state index in [0.717, 1.165) is 5.56 Å². The van der Waals surface area contributed by atoms with E-state index >= 15 is 0 Å². The smallest absolute Gasteiger partial charge is 0.419 e. The highest BCUT2D eigenvalue weighted by molar-refractivity contribution is 5.96. The highest BCUT2D eigenvalue weighted by Gasteiger charge is 2.59. The van der Waals surface area contributed by atoms with E-state index in [1.807, 2.05) is 30.3 Å². The molecule has 1 fully saturated rings. The lowest BCUT2D eigenvalue weighted by molar-refractivity contribution is -0.485. The topological polar surface area (TPSA) is 121 Å². The van der Waals surface area contributed by atoms with Crippen molar-refractivity contribution < 1.29 is 28.8 Å². The SMILES string of the molecule is COC(=O)[C@@]1([C@@H](C[N+](=O)[O-])c2cn(C(=O)OC(C)(C)C)c3ccccc23)CCC(=O)N1Cc1ccccc1. The van der Waals surface area contributed by atoms with Crippen LogP contribution in [0, 0.1) is 10.1 Å². The normalized spacial score (nSPS) is 18.4. The maximum absolute atomic E-state index is 13.6. The van der Waals surface area contributed by atoms with Crippen molar-refractivity contribution in [2.75, 3.05) is 13.7 Å². The molecule has 4 rings (SSSR count). The van der Waals surface area contributed by atoms with Crippen molar-refractivity contribution in [3.05, 3.63) is 82.0 Å². The van der Waals surface area contributed by atoms with Gasteiger partial charge in [0.25, 0.3) is 0 Å². The van der Waals surface area contributed by atoms with Gasteiger partial charge in [-0.25, -0.2) is 9.59 Å². The fourth-order valence-electron chi connectivity index (χ4n) is 5.28. The maximum atomic E-state index is 13.6. The minimum atomic E-state index is -1.66. The van der Waals surface area contributed by atoms with Gasteiger partial charge in [0.15, 0.2) is 5.54 Å². The van der Waals surface area contributed by atoms with E-state index < -0.39 is 40.6 Å². The molecule has 1 aliphatic rings. The Balaban J connectivity index is 1.93. The minimum Gasteiger partial charge on any atom is -0.467 e. The molecule has 10 nitrogen and oxygen atoms in total. The van der Waals surface area contributed by atoms with Gasteiger partial charge in [0.2, 0.25) is 12.5 Å². The van der Waals surface area contributed by atoms with E-state index in [0.29, 0.717) is 16.5 Å². The van der Waals surface area contributed by atoms with Crippen molar-refractivity contribution in [1.82, 2.24) is 9.47 Å². The van der Waals surface area contributed by atoms with Gasteiger partial charge in [0.1, 0.15) is 5.60 Å². The number of para-hydroxylation sites is 1. The molecule has 2 atom stereocenters. The van der Waals surface area contributed by atoms with Gasteiger partial charge in [-0.15, -0.1) is 0 Å². The van der Waals surface area contributed by atoms with Crippen LogP contribution in [-0.2, 0) is 25.6 Å². The molecular weight excluding hydrogens is 490 g/mol. The molecule has 3 aromatic rings. The molecule has 0 aliphatic carbocycles. The molecule has 38 heavy (non-hydrogen) atoms. The highest BCUT2D eigenvalue weighted by Crippen LogP contribution is 2.46. The number of rotatable bonds is 7. The Kier molecular flexibility index (Phi) is 7.26. The van der Waals surface area contributed by atoms with Crippen molar-refractivity contribution in [1.29, 1.82) is 0 Å². The number of likely N-dealkylation sites (tertiary alicyclic amines) is 1. The lowest BCUT2D eigenvalue weighted by Gasteiger charge is -2.40. The van der Waals surface area contributed by atoms with Crippen LogP contribution in [0.15, 0.2) is 60.8 Å². The molecule has 2 heterocycles. The summed E-state index contributed by atoms with van der Waals surface area (Å²) in [4.78, 5) is 52.9. The van der Waals surface area contributed by atoms with Gasteiger partial charge in [-0.05, 0) is 44.4 Å². The molecule has 0 spiro atoms. The molecule has 2 aromatic carbocycles. The second-order valence-electron chi connectivity index (χ2n) is 10.4. The summed E-state index contributed by atoms with van der Waals surface area (Å²) in [6.07, 6.45) is 0.896. The summed E-state index contributed by atoms with van der Waals surface area (Å²) >= 11 is 0. The molecule has 1 aromatic heterocycles. The third-order valence-electron chi connectivity index (χ3n) is 6.84. The van der Waals surface area contributed by atoms with Gasteiger partial charge < -0.3 is 14.4 Å². The van der Waals surface area contributed by atoms with Crippen LogP contribution in [0.5, 0.6) is 0 Å². The molecule has 0 N–H and O–H groups in total. The second kappa shape index (κ2) is 10.3. The molecule has 0 unspecified atom stereocenters. The molecule has 10 heteroatoms. The summed E-state index contributed by atoms with van der Waals surface area (Å²) in [6, 6.07) is 16.1. The monoisotopic (exact) mass is 521 g/mol. The zero-order chi connectivity index (χ0) is 27.7. The number of nitro groups is 1. The van der Waals surface area contributed by atoms with Gasteiger partial charge in [-0.1, -0.05) is 48.5 Å². The molecule has 0 saturated carbocycles. The molecular formula is C28H31N3O7. The van der Waals surface area contributed by atoms with Crippen LogP contribution in [-0.4, -0.2) is 57.2 Å². The Morgan fingerprint density at radius 1 is 1.11 bits per heavy atom. The van der Waals surface area contributed by atoms with Gasteiger partial charge in [-0.2, -0.15) is 0 Å². The van der Waals surface area contributed by atoms with E-state index in [4.69, 9.17) is 9.47 Å². The number of carbonyl (C=O) groups excluding carboxylic acids is 3. The first kappa shape index (κ1) is 26.8. The summed E-state index contributed by atoms with van der Waals surface area (Å²) in [5.41, 5.74) is -0.796. The number of methoxy groups -OCH3 is 1. The molecule has 200 valence electrons. The van der Waals surface area contributed by atoms with Gasteiger partial charge >= 0.3 is 12.1 Å². The summed E-state index contributed by atoms with van der Waals surface area (Å²) in [5, 5.41) is 12.6. The first-order chi connectivity index (χ1) is 18.0. The standard InChI is InChI=1S/C28H31N3O7/c1-27(2,3)38-26(34)29-17-21(20-12-8-9-13-23(20)29)22(18-31(35)36)28(25(33)37-4)15-14-24(32)30(28)16-19-10-6-5-7-11-19/h5-13,17,22H,14-16,18H2,1-4H3/t22-,28-/m0/s1.